The second kappa shape index (κ2) is 10.1. The molecule has 0 fully saturated rings. The first kappa shape index (κ1) is 22.4. The van der Waals surface area contributed by atoms with Crippen molar-refractivity contribution in [2.24, 2.45) is 0 Å². The van der Waals surface area contributed by atoms with Crippen molar-refractivity contribution in [2.45, 2.75) is 58.3 Å². The SMILES string of the molecule is CCCCCc1nnc(NC(=O)c2cc(S(=O)(=O)N(CC)CC)ccc2C)s1. The molecule has 1 aromatic carbocycles. The van der Waals surface area contributed by atoms with Gasteiger partial charge in [0.25, 0.3) is 5.91 Å². The van der Waals surface area contributed by atoms with Crippen molar-refractivity contribution in [3.05, 3.63) is 34.3 Å². The minimum atomic E-state index is -3.63. The lowest BCUT2D eigenvalue weighted by atomic mass is 10.1. The number of aromatic nitrogens is 2. The zero-order valence-electron chi connectivity index (χ0n) is 16.9. The van der Waals surface area contributed by atoms with Gasteiger partial charge in [0.15, 0.2) is 0 Å². The molecule has 1 amide bonds. The van der Waals surface area contributed by atoms with Crippen molar-refractivity contribution in [3.8, 4) is 0 Å². The van der Waals surface area contributed by atoms with Gasteiger partial charge in [-0.25, -0.2) is 8.42 Å². The third-order valence-corrected chi connectivity index (χ3v) is 7.42. The molecule has 0 unspecified atom stereocenters. The maximum Gasteiger partial charge on any atom is 0.257 e. The van der Waals surface area contributed by atoms with Crippen LogP contribution >= 0.6 is 11.3 Å². The molecule has 28 heavy (non-hydrogen) atoms. The second-order valence-electron chi connectivity index (χ2n) is 6.48. The van der Waals surface area contributed by atoms with Gasteiger partial charge in [-0.1, -0.05) is 51.0 Å². The topological polar surface area (TPSA) is 92.3 Å². The summed E-state index contributed by atoms with van der Waals surface area (Å²) in [6.07, 6.45) is 4.16. The first-order chi connectivity index (χ1) is 13.3. The van der Waals surface area contributed by atoms with Gasteiger partial charge in [-0.05, 0) is 31.0 Å². The van der Waals surface area contributed by atoms with E-state index in [0.29, 0.717) is 29.3 Å². The molecule has 0 saturated carbocycles. The number of amides is 1. The Hall–Kier alpha value is -1.84. The van der Waals surface area contributed by atoms with E-state index in [-0.39, 0.29) is 10.8 Å². The Balaban J connectivity index is 2.20. The molecule has 1 aromatic heterocycles. The smallest absolute Gasteiger partial charge is 0.257 e. The van der Waals surface area contributed by atoms with Crippen LogP contribution in [0, 0.1) is 6.92 Å². The van der Waals surface area contributed by atoms with Crippen LogP contribution < -0.4 is 5.32 Å². The first-order valence-electron chi connectivity index (χ1n) is 9.57. The van der Waals surface area contributed by atoms with Gasteiger partial charge in [0.2, 0.25) is 15.2 Å². The number of anilines is 1. The van der Waals surface area contributed by atoms with Crippen LogP contribution in [0.4, 0.5) is 5.13 Å². The van der Waals surface area contributed by atoms with Crippen LogP contribution in [0.15, 0.2) is 23.1 Å². The molecule has 0 aliphatic carbocycles. The van der Waals surface area contributed by atoms with Crippen LogP contribution in [0.1, 0.15) is 61.0 Å². The third-order valence-electron chi connectivity index (χ3n) is 4.48. The average molecular weight is 425 g/mol. The highest BCUT2D eigenvalue weighted by Crippen LogP contribution is 2.22. The summed E-state index contributed by atoms with van der Waals surface area (Å²) in [6, 6.07) is 4.62. The minimum Gasteiger partial charge on any atom is -0.296 e. The normalized spacial score (nSPS) is 11.8. The molecule has 0 spiro atoms. The Labute approximate surface area is 171 Å². The van der Waals surface area contributed by atoms with Crippen molar-refractivity contribution < 1.29 is 13.2 Å². The standard InChI is InChI=1S/C19H28N4O3S2/c1-5-8-9-10-17-21-22-19(27-17)20-18(24)16-13-15(12-11-14(16)4)28(25,26)23(6-2)7-3/h11-13H,5-10H2,1-4H3,(H,20,22,24). The van der Waals surface area contributed by atoms with Crippen LogP contribution in [0.25, 0.3) is 0 Å². The van der Waals surface area contributed by atoms with E-state index < -0.39 is 10.0 Å². The number of unbranched alkanes of at least 4 members (excludes halogenated alkanes) is 2. The molecule has 2 aromatic rings. The predicted octanol–water partition coefficient (Wildman–Crippen LogP) is 3.86. The van der Waals surface area contributed by atoms with Crippen molar-refractivity contribution in [2.75, 3.05) is 18.4 Å². The van der Waals surface area contributed by atoms with Gasteiger partial charge in [0.1, 0.15) is 5.01 Å². The van der Waals surface area contributed by atoms with Gasteiger partial charge in [-0.2, -0.15) is 4.31 Å². The summed E-state index contributed by atoms with van der Waals surface area (Å²) >= 11 is 1.35. The third kappa shape index (κ3) is 5.36. The highest BCUT2D eigenvalue weighted by atomic mass is 32.2. The van der Waals surface area contributed by atoms with Crippen molar-refractivity contribution in [1.29, 1.82) is 0 Å². The largest absolute Gasteiger partial charge is 0.296 e. The van der Waals surface area contributed by atoms with Crippen LogP contribution in [-0.4, -0.2) is 41.9 Å². The molecule has 0 bridgehead atoms. The lowest BCUT2D eigenvalue weighted by molar-refractivity contribution is 0.102. The summed E-state index contributed by atoms with van der Waals surface area (Å²) < 4.78 is 26.9. The summed E-state index contributed by atoms with van der Waals surface area (Å²) in [5.74, 6) is -0.384. The van der Waals surface area contributed by atoms with Crippen LogP contribution in [0.5, 0.6) is 0 Å². The molecule has 154 valence electrons. The lowest BCUT2D eigenvalue weighted by Gasteiger charge is -2.19. The lowest BCUT2D eigenvalue weighted by Crippen LogP contribution is -2.30. The monoisotopic (exact) mass is 424 g/mol. The number of aryl methyl sites for hydroxylation is 2. The maximum atomic E-state index is 12.7. The fraction of sp³-hybridized carbons (Fsp3) is 0.526. The Morgan fingerprint density at radius 2 is 1.86 bits per heavy atom. The summed E-state index contributed by atoms with van der Waals surface area (Å²) in [6.45, 7) is 8.24. The fourth-order valence-corrected chi connectivity index (χ4v) is 5.08. The Bertz CT molecular complexity index is 906. The molecule has 0 atom stereocenters. The number of nitrogens with zero attached hydrogens (tertiary/aromatic N) is 3. The van der Waals surface area contributed by atoms with E-state index in [0.717, 1.165) is 30.7 Å². The summed E-state index contributed by atoms with van der Waals surface area (Å²) in [7, 11) is -3.63. The Morgan fingerprint density at radius 1 is 1.14 bits per heavy atom. The van der Waals surface area contributed by atoms with E-state index >= 15 is 0 Å². The quantitative estimate of drug-likeness (QED) is 0.585. The molecule has 1 heterocycles. The van der Waals surface area contributed by atoms with Crippen LogP contribution in [0.3, 0.4) is 0 Å². The van der Waals surface area contributed by atoms with Gasteiger partial charge in [0, 0.05) is 25.1 Å². The summed E-state index contributed by atoms with van der Waals surface area (Å²) in [5.41, 5.74) is 1.01. The average Bonchev–Trinajstić information content (AvgIpc) is 3.10. The molecule has 7 nitrogen and oxygen atoms in total. The predicted molar refractivity (Wildman–Crippen MR) is 112 cm³/mol. The van der Waals surface area contributed by atoms with E-state index in [9.17, 15) is 13.2 Å². The molecule has 0 radical (unpaired) electrons. The molecule has 0 saturated heterocycles. The zero-order chi connectivity index (χ0) is 20.7. The van der Waals surface area contributed by atoms with E-state index in [1.165, 1.54) is 27.8 Å². The Morgan fingerprint density at radius 3 is 2.50 bits per heavy atom. The van der Waals surface area contributed by atoms with E-state index in [2.05, 4.69) is 22.4 Å². The first-order valence-corrected chi connectivity index (χ1v) is 11.8. The molecule has 2 rings (SSSR count). The number of carbonyl (C=O) groups excluding carboxylic acids is 1. The van der Waals surface area contributed by atoms with Gasteiger partial charge >= 0.3 is 0 Å². The van der Waals surface area contributed by atoms with Crippen molar-refractivity contribution in [3.63, 3.8) is 0 Å². The number of nitrogens with one attached hydrogen (secondary N) is 1. The molecule has 0 aliphatic heterocycles. The number of hydrogen-bond donors (Lipinski definition) is 1. The van der Waals surface area contributed by atoms with Gasteiger partial charge in [0.05, 0.1) is 4.90 Å². The highest BCUT2D eigenvalue weighted by Gasteiger charge is 2.23. The number of rotatable bonds is 10. The van der Waals surface area contributed by atoms with E-state index in [1.54, 1.807) is 26.8 Å². The van der Waals surface area contributed by atoms with Crippen LogP contribution in [-0.2, 0) is 16.4 Å². The minimum absolute atomic E-state index is 0.115. The Kier molecular flexibility index (Phi) is 8.09. The number of sulfonamides is 1. The maximum absolute atomic E-state index is 12.7. The number of benzene rings is 1. The molecular formula is C19H28N4O3S2. The summed E-state index contributed by atoms with van der Waals surface area (Å²) in [4.78, 5) is 12.8. The second-order valence-corrected chi connectivity index (χ2v) is 9.48. The van der Waals surface area contributed by atoms with E-state index in [1.807, 2.05) is 0 Å². The molecule has 1 N–H and O–H groups in total. The van der Waals surface area contributed by atoms with Crippen LogP contribution in [0.2, 0.25) is 0 Å². The summed E-state index contributed by atoms with van der Waals surface area (Å²) in [5, 5.41) is 12.2. The van der Waals surface area contributed by atoms with Crippen molar-refractivity contribution >= 4 is 32.4 Å². The number of hydrogen-bond acceptors (Lipinski definition) is 6. The van der Waals surface area contributed by atoms with E-state index in [4.69, 9.17) is 0 Å². The molecular weight excluding hydrogens is 396 g/mol. The zero-order valence-corrected chi connectivity index (χ0v) is 18.5. The van der Waals surface area contributed by atoms with Gasteiger partial charge in [-0.15, -0.1) is 10.2 Å². The van der Waals surface area contributed by atoms with Gasteiger partial charge in [-0.3, -0.25) is 10.1 Å². The fourth-order valence-electron chi connectivity index (χ4n) is 2.81. The van der Waals surface area contributed by atoms with Crippen molar-refractivity contribution in [1.82, 2.24) is 14.5 Å². The number of carbonyl (C=O) groups is 1. The molecule has 9 heteroatoms. The van der Waals surface area contributed by atoms with Gasteiger partial charge < -0.3 is 0 Å². The highest BCUT2D eigenvalue weighted by molar-refractivity contribution is 7.89. The molecule has 0 aliphatic rings.